The van der Waals surface area contributed by atoms with Gasteiger partial charge in [-0.3, -0.25) is 0 Å². The van der Waals surface area contributed by atoms with E-state index in [1.165, 1.54) is 12.8 Å². The van der Waals surface area contributed by atoms with Crippen molar-refractivity contribution in [2.75, 3.05) is 0 Å². The molecule has 3 nitrogen and oxygen atoms in total. The van der Waals surface area contributed by atoms with Gasteiger partial charge in [-0.2, -0.15) is 0 Å². The topological polar surface area (TPSA) is 60.7 Å². The molecule has 4 aliphatic rings. The lowest BCUT2D eigenvalue weighted by Crippen LogP contribution is -2.57. The fourth-order valence-electron chi connectivity index (χ4n) is 7.30. The van der Waals surface area contributed by atoms with Gasteiger partial charge < -0.3 is 15.3 Å². The van der Waals surface area contributed by atoms with Crippen LogP contribution in [0.1, 0.15) is 65.2 Å². The predicted molar refractivity (Wildman–Crippen MR) is 85.1 cm³/mol. The Bertz CT molecular complexity index is 452. The standard InChI is InChI=1S/C19H32O3/c1-18-5-4-14-13(15(18)8-12(21)10-18)9-17(22)16-7-11(20)3-6-19(14,16)2/h11-17,20-22H,3-10H2,1-2H3/t11?,12?,13-,14-,15+,16?,17?,18-,19-/m1/s1. The third-order valence-electron chi connectivity index (χ3n) is 8.40. The Labute approximate surface area is 134 Å². The van der Waals surface area contributed by atoms with Crippen molar-refractivity contribution in [1.82, 2.24) is 0 Å². The first kappa shape index (κ1) is 15.4. The lowest BCUT2D eigenvalue weighted by molar-refractivity contribution is -0.167. The summed E-state index contributed by atoms with van der Waals surface area (Å²) in [7, 11) is 0. The highest BCUT2D eigenvalue weighted by molar-refractivity contribution is 5.10. The Hall–Kier alpha value is -0.120. The molecule has 0 aromatic carbocycles. The van der Waals surface area contributed by atoms with E-state index in [1.54, 1.807) is 0 Å². The molecule has 0 saturated heterocycles. The first-order valence-corrected chi connectivity index (χ1v) is 9.38. The van der Waals surface area contributed by atoms with Crippen LogP contribution in [-0.4, -0.2) is 33.6 Å². The van der Waals surface area contributed by atoms with Gasteiger partial charge in [0.25, 0.3) is 0 Å². The van der Waals surface area contributed by atoms with Crippen LogP contribution < -0.4 is 0 Å². The Kier molecular flexibility index (Phi) is 3.46. The summed E-state index contributed by atoms with van der Waals surface area (Å²) < 4.78 is 0. The Morgan fingerprint density at radius 3 is 2.27 bits per heavy atom. The van der Waals surface area contributed by atoms with Gasteiger partial charge in [-0.25, -0.2) is 0 Å². The van der Waals surface area contributed by atoms with Crippen LogP contribution in [0, 0.1) is 34.5 Å². The zero-order chi connectivity index (χ0) is 15.7. The first-order chi connectivity index (χ1) is 10.3. The fourth-order valence-corrected chi connectivity index (χ4v) is 7.30. The molecule has 4 rings (SSSR count). The Morgan fingerprint density at radius 2 is 1.50 bits per heavy atom. The summed E-state index contributed by atoms with van der Waals surface area (Å²) in [5.74, 6) is 2.10. The van der Waals surface area contributed by atoms with Crippen LogP contribution in [0.15, 0.2) is 0 Å². The maximum Gasteiger partial charge on any atom is 0.0577 e. The van der Waals surface area contributed by atoms with E-state index in [1.807, 2.05) is 0 Å². The average Bonchev–Trinajstić information content (AvgIpc) is 2.76. The van der Waals surface area contributed by atoms with Crippen LogP contribution >= 0.6 is 0 Å². The molecule has 0 bridgehead atoms. The van der Waals surface area contributed by atoms with E-state index < -0.39 is 0 Å². The number of rotatable bonds is 0. The van der Waals surface area contributed by atoms with E-state index in [9.17, 15) is 15.3 Å². The molecule has 3 heteroatoms. The summed E-state index contributed by atoms with van der Waals surface area (Å²) >= 11 is 0. The minimum Gasteiger partial charge on any atom is -0.393 e. The molecule has 0 amide bonds. The van der Waals surface area contributed by atoms with Gasteiger partial charge in [-0.1, -0.05) is 13.8 Å². The van der Waals surface area contributed by atoms with Gasteiger partial charge in [-0.05, 0) is 85.9 Å². The average molecular weight is 308 g/mol. The van der Waals surface area contributed by atoms with E-state index in [0.29, 0.717) is 17.8 Å². The summed E-state index contributed by atoms with van der Waals surface area (Å²) in [6.07, 6.45) is 7.39. The van der Waals surface area contributed by atoms with Crippen molar-refractivity contribution < 1.29 is 15.3 Å². The van der Waals surface area contributed by atoms with Gasteiger partial charge in [0, 0.05) is 0 Å². The number of fused-ring (bicyclic) bond motifs is 5. The number of aliphatic hydroxyl groups is 3. The maximum atomic E-state index is 10.8. The second kappa shape index (κ2) is 4.94. The van der Waals surface area contributed by atoms with Crippen LogP contribution in [0.3, 0.4) is 0 Å². The lowest BCUT2D eigenvalue weighted by Gasteiger charge is -2.61. The summed E-state index contributed by atoms with van der Waals surface area (Å²) in [4.78, 5) is 0. The van der Waals surface area contributed by atoms with Crippen molar-refractivity contribution in [3.8, 4) is 0 Å². The van der Waals surface area contributed by atoms with E-state index >= 15 is 0 Å². The smallest absolute Gasteiger partial charge is 0.0577 e. The summed E-state index contributed by atoms with van der Waals surface area (Å²) in [5.41, 5.74) is 0.480. The SMILES string of the molecule is C[C@]12CC[C@@H]3[C@@H](CC(O)C4CC(O)CC[C@@]43C)[C@@H]1CC(O)C2. The second-order valence-electron chi connectivity index (χ2n) is 9.51. The normalized spacial score (nSPS) is 61.2. The van der Waals surface area contributed by atoms with E-state index in [-0.39, 0.29) is 35.1 Å². The molecule has 4 fully saturated rings. The Balaban J connectivity index is 1.66. The molecule has 0 spiro atoms. The molecule has 0 heterocycles. The number of aliphatic hydroxyl groups excluding tert-OH is 3. The molecule has 0 aliphatic heterocycles. The van der Waals surface area contributed by atoms with E-state index in [2.05, 4.69) is 13.8 Å². The molecule has 9 atom stereocenters. The molecule has 0 aromatic heterocycles. The third-order valence-corrected chi connectivity index (χ3v) is 8.40. The van der Waals surface area contributed by atoms with Crippen LogP contribution in [0.5, 0.6) is 0 Å². The predicted octanol–water partition coefficient (Wildman–Crippen LogP) is 2.72. The van der Waals surface area contributed by atoms with Crippen LogP contribution in [0.4, 0.5) is 0 Å². The van der Waals surface area contributed by atoms with Gasteiger partial charge in [0.2, 0.25) is 0 Å². The largest absolute Gasteiger partial charge is 0.393 e. The third kappa shape index (κ3) is 2.04. The highest BCUT2D eigenvalue weighted by Crippen LogP contribution is 2.66. The zero-order valence-electron chi connectivity index (χ0n) is 14.0. The van der Waals surface area contributed by atoms with E-state index in [4.69, 9.17) is 0 Å². The molecule has 4 saturated carbocycles. The van der Waals surface area contributed by atoms with Crippen LogP contribution in [0.25, 0.3) is 0 Å². The molecule has 22 heavy (non-hydrogen) atoms. The van der Waals surface area contributed by atoms with Gasteiger partial charge in [0.15, 0.2) is 0 Å². The Morgan fingerprint density at radius 1 is 0.773 bits per heavy atom. The molecular formula is C19H32O3. The molecule has 4 unspecified atom stereocenters. The van der Waals surface area contributed by atoms with Crippen molar-refractivity contribution in [1.29, 1.82) is 0 Å². The second-order valence-corrected chi connectivity index (χ2v) is 9.51. The summed E-state index contributed by atoms with van der Waals surface area (Å²) in [6.45, 7) is 4.76. The van der Waals surface area contributed by atoms with Gasteiger partial charge >= 0.3 is 0 Å². The van der Waals surface area contributed by atoms with E-state index in [0.717, 1.165) is 38.5 Å². The zero-order valence-corrected chi connectivity index (χ0v) is 14.0. The molecule has 126 valence electrons. The summed E-state index contributed by atoms with van der Waals surface area (Å²) in [6, 6.07) is 0. The molecule has 0 radical (unpaired) electrons. The minimum atomic E-state index is -0.263. The molecule has 3 N–H and O–H groups in total. The minimum absolute atomic E-state index is 0.135. The molecule has 0 aromatic rings. The van der Waals surface area contributed by atoms with Crippen molar-refractivity contribution in [2.45, 2.75) is 83.5 Å². The van der Waals surface area contributed by atoms with Crippen molar-refractivity contribution >= 4 is 0 Å². The highest BCUT2D eigenvalue weighted by Gasteiger charge is 2.61. The fraction of sp³-hybridized carbons (Fsp3) is 1.00. The van der Waals surface area contributed by atoms with Crippen LogP contribution in [-0.2, 0) is 0 Å². The quantitative estimate of drug-likeness (QED) is 0.645. The molecule has 4 aliphatic carbocycles. The monoisotopic (exact) mass is 308 g/mol. The molecular weight excluding hydrogens is 276 g/mol. The van der Waals surface area contributed by atoms with Crippen molar-refractivity contribution in [3.05, 3.63) is 0 Å². The van der Waals surface area contributed by atoms with Crippen molar-refractivity contribution in [2.24, 2.45) is 34.5 Å². The maximum absolute atomic E-state index is 10.8. The first-order valence-electron chi connectivity index (χ1n) is 9.38. The highest BCUT2D eigenvalue weighted by atomic mass is 16.3. The van der Waals surface area contributed by atoms with Gasteiger partial charge in [0.1, 0.15) is 0 Å². The van der Waals surface area contributed by atoms with Gasteiger partial charge in [0.05, 0.1) is 18.3 Å². The van der Waals surface area contributed by atoms with Gasteiger partial charge in [-0.15, -0.1) is 0 Å². The van der Waals surface area contributed by atoms with Crippen molar-refractivity contribution in [3.63, 3.8) is 0 Å². The number of hydrogen-bond donors (Lipinski definition) is 3. The van der Waals surface area contributed by atoms with Crippen LogP contribution in [0.2, 0.25) is 0 Å². The number of hydrogen-bond acceptors (Lipinski definition) is 3. The summed E-state index contributed by atoms with van der Waals surface area (Å²) in [5, 5.41) is 31.1. The lowest BCUT2D eigenvalue weighted by atomic mass is 9.44.